The fraction of sp³-hybridized carbons (Fsp3) is 0.370. The van der Waals surface area contributed by atoms with Gasteiger partial charge in [0.2, 0.25) is 11.8 Å². The number of aryl methyl sites for hydroxylation is 1. The summed E-state index contributed by atoms with van der Waals surface area (Å²) in [5, 5.41) is 0. The fourth-order valence-corrected chi connectivity index (χ4v) is 6.21. The van der Waals surface area contributed by atoms with Gasteiger partial charge in [-0.1, -0.05) is 49.4 Å². The summed E-state index contributed by atoms with van der Waals surface area (Å²) in [6.45, 7) is 2.04. The molecule has 5 nitrogen and oxygen atoms in total. The summed E-state index contributed by atoms with van der Waals surface area (Å²) in [5.41, 5.74) is 2.39. The lowest BCUT2D eigenvalue weighted by Crippen LogP contribution is -2.45. The lowest BCUT2D eigenvalue weighted by atomic mass is 9.63. The number of hydrogen-bond acceptors (Lipinski definition) is 3. The Hall–Kier alpha value is -3.21. The van der Waals surface area contributed by atoms with Crippen LogP contribution in [0.5, 0.6) is 0 Å². The van der Waals surface area contributed by atoms with Gasteiger partial charge in [-0.25, -0.2) is 0 Å². The van der Waals surface area contributed by atoms with Crippen LogP contribution in [0, 0.1) is 35.5 Å². The predicted molar refractivity (Wildman–Crippen MR) is 120 cm³/mol. The second-order valence-corrected chi connectivity index (χ2v) is 9.52. The number of imide groups is 1. The summed E-state index contributed by atoms with van der Waals surface area (Å²) >= 11 is 0. The summed E-state index contributed by atoms with van der Waals surface area (Å²) < 4.78 is 0. The first-order chi connectivity index (χ1) is 15.6. The SMILES string of the molecule is CCc1ccc(N(CN2C(=O)[C@@H]3[C@@H]4C=C[C@H]([C@H]5C[C@@H]45)[C@@H]3C2=O)C(=O)c2ccccc2)cc1. The van der Waals surface area contributed by atoms with Gasteiger partial charge in [-0.05, 0) is 66.3 Å². The van der Waals surface area contributed by atoms with E-state index < -0.39 is 0 Å². The maximum Gasteiger partial charge on any atom is 0.259 e. The molecule has 3 amide bonds. The molecule has 162 valence electrons. The van der Waals surface area contributed by atoms with Gasteiger partial charge in [0.1, 0.15) is 6.67 Å². The summed E-state index contributed by atoms with van der Waals surface area (Å²) in [7, 11) is 0. The second kappa shape index (κ2) is 7.16. The van der Waals surface area contributed by atoms with Crippen LogP contribution in [-0.4, -0.2) is 29.3 Å². The number of carbonyl (C=O) groups is 3. The molecule has 2 aromatic carbocycles. The number of anilines is 1. The Kier molecular flexibility index (Phi) is 4.36. The van der Waals surface area contributed by atoms with E-state index in [9.17, 15) is 14.4 Å². The molecular formula is C27H26N2O3. The minimum atomic E-state index is -0.252. The van der Waals surface area contributed by atoms with E-state index in [-0.39, 0.29) is 48.1 Å². The lowest BCUT2D eigenvalue weighted by Gasteiger charge is -2.37. The van der Waals surface area contributed by atoms with Gasteiger partial charge in [0.25, 0.3) is 5.91 Å². The number of benzene rings is 2. The van der Waals surface area contributed by atoms with Crippen LogP contribution in [0.3, 0.4) is 0 Å². The van der Waals surface area contributed by atoms with Crippen molar-refractivity contribution in [1.29, 1.82) is 0 Å². The zero-order valence-electron chi connectivity index (χ0n) is 18.1. The van der Waals surface area contributed by atoms with Gasteiger partial charge in [-0.15, -0.1) is 0 Å². The fourth-order valence-electron chi connectivity index (χ4n) is 6.21. The minimum Gasteiger partial charge on any atom is -0.290 e. The quantitative estimate of drug-likeness (QED) is 0.538. The Morgan fingerprint density at radius 2 is 1.50 bits per heavy atom. The van der Waals surface area contributed by atoms with Crippen molar-refractivity contribution in [1.82, 2.24) is 4.90 Å². The number of carbonyl (C=O) groups excluding carboxylic acids is 3. The van der Waals surface area contributed by atoms with Crippen LogP contribution in [0.25, 0.3) is 0 Å². The van der Waals surface area contributed by atoms with Crippen molar-refractivity contribution < 1.29 is 14.4 Å². The number of rotatable bonds is 5. The molecule has 0 aromatic heterocycles. The maximum atomic E-state index is 13.5. The molecule has 2 bridgehead atoms. The third-order valence-corrected chi connectivity index (χ3v) is 7.96. The number of allylic oxidation sites excluding steroid dienone is 2. The van der Waals surface area contributed by atoms with Gasteiger partial charge in [-0.2, -0.15) is 0 Å². The second-order valence-electron chi connectivity index (χ2n) is 9.52. The van der Waals surface area contributed by atoms with Crippen molar-refractivity contribution in [3.05, 3.63) is 77.9 Å². The third kappa shape index (κ3) is 2.80. The van der Waals surface area contributed by atoms with E-state index in [0.717, 1.165) is 12.8 Å². The first-order valence-electron chi connectivity index (χ1n) is 11.6. The predicted octanol–water partition coefficient (Wildman–Crippen LogP) is 3.91. The van der Waals surface area contributed by atoms with Gasteiger partial charge in [0.05, 0.1) is 11.8 Å². The Labute approximate surface area is 187 Å². The number of hydrogen-bond donors (Lipinski definition) is 0. The molecule has 0 radical (unpaired) electrons. The van der Waals surface area contributed by atoms with E-state index in [2.05, 4.69) is 19.1 Å². The Balaban J connectivity index is 1.33. The number of amides is 3. The largest absolute Gasteiger partial charge is 0.290 e. The zero-order valence-corrected chi connectivity index (χ0v) is 18.1. The van der Waals surface area contributed by atoms with E-state index in [1.807, 2.05) is 42.5 Å². The molecule has 1 heterocycles. The number of likely N-dealkylation sites (tertiary alicyclic amines) is 1. The molecular weight excluding hydrogens is 400 g/mol. The third-order valence-electron chi connectivity index (χ3n) is 7.96. The smallest absolute Gasteiger partial charge is 0.259 e. The average Bonchev–Trinajstić information content (AvgIpc) is 3.63. The summed E-state index contributed by atoms with van der Waals surface area (Å²) in [6.07, 6.45) is 6.38. The molecule has 32 heavy (non-hydrogen) atoms. The molecule has 0 unspecified atom stereocenters. The van der Waals surface area contributed by atoms with Gasteiger partial charge in [0.15, 0.2) is 0 Å². The van der Waals surface area contributed by atoms with Crippen LogP contribution in [0.2, 0.25) is 0 Å². The molecule has 7 rings (SSSR count). The zero-order chi connectivity index (χ0) is 22.0. The average molecular weight is 427 g/mol. The highest BCUT2D eigenvalue weighted by atomic mass is 16.2. The normalized spacial score (nSPS) is 31.5. The van der Waals surface area contributed by atoms with Crippen LogP contribution >= 0.6 is 0 Å². The molecule has 1 aliphatic heterocycles. The summed E-state index contributed by atoms with van der Waals surface area (Å²) in [4.78, 5) is 43.3. The molecule has 0 spiro atoms. The van der Waals surface area contributed by atoms with Gasteiger partial charge >= 0.3 is 0 Å². The van der Waals surface area contributed by atoms with E-state index in [1.165, 1.54) is 10.5 Å². The molecule has 1 saturated heterocycles. The lowest BCUT2D eigenvalue weighted by molar-refractivity contribution is -0.140. The van der Waals surface area contributed by atoms with Crippen LogP contribution in [0.4, 0.5) is 5.69 Å². The molecule has 2 aromatic rings. The highest BCUT2D eigenvalue weighted by Gasteiger charge is 2.67. The van der Waals surface area contributed by atoms with Gasteiger partial charge < -0.3 is 0 Å². The van der Waals surface area contributed by atoms with E-state index >= 15 is 0 Å². The van der Waals surface area contributed by atoms with Crippen molar-refractivity contribution in [3.8, 4) is 0 Å². The monoisotopic (exact) mass is 426 g/mol. The van der Waals surface area contributed by atoms with Crippen LogP contribution < -0.4 is 4.90 Å². The number of nitrogens with zero attached hydrogens (tertiary/aromatic N) is 2. The topological polar surface area (TPSA) is 57.7 Å². The van der Waals surface area contributed by atoms with Crippen LogP contribution in [-0.2, 0) is 16.0 Å². The standard InChI is InChI=1S/C27H26N2O3/c1-2-16-8-10-18(11-9-16)28(25(30)17-6-4-3-5-7-17)15-29-26(31)23-19-12-13-20(22-14-21(19)22)24(23)27(29)32/h3-13,19-24H,2,14-15H2,1H3/t19-,20-,21-,22+,23+,24-/m1/s1. The van der Waals surface area contributed by atoms with Gasteiger partial charge in [-0.3, -0.25) is 24.2 Å². The summed E-state index contributed by atoms with van der Waals surface area (Å²) in [5.74, 6) is 0.542. The molecule has 3 fully saturated rings. The molecule has 5 heteroatoms. The van der Waals surface area contributed by atoms with Crippen molar-refractivity contribution >= 4 is 23.4 Å². The van der Waals surface area contributed by atoms with Crippen LogP contribution in [0.15, 0.2) is 66.7 Å². The van der Waals surface area contributed by atoms with E-state index in [0.29, 0.717) is 23.1 Å². The van der Waals surface area contributed by atoms with Crippen LogP contribution in [0.1, 0.15) is 29.3 Å². The highest BCUT2D eigenvalue weighted by Crippen LogP contribution is 2.65. The molecule has 6 atom stereocenters. The van der Waals surface area contributed by atoms with Gasteiger partial charge in [0, 0.05) is 11.3 Å². The van der Waals surface area contributed by atoms with Crippen molar-refractivity contribution in [2.24, 2.45) is 35.5 Å². The minimum absolute atomic E-state index is 0.0430. The highest BCUT2D eigenvalue weighted by molar-refractivity contribution is 6.09. The van der Waals surface area contributed by atoms with E-state index in [1.54, 1.807) is 17.0 Å². The Bertz CT molecular complexity index is 1090. The Morgan fingerprint density at radius 3 is 2.06 bits per heavy atom. The molecule has 0 N–H and O–H groups in total. The van der Waals surface area contributed by atoms with Crippen molar-refractivity contribution in [3.63, 3.8) is 0 Å². The Morgan fingerprint density at radius 1 is 0.906 bits per heavy atom. The van der Waals surface area contributed by atoms with Crippen molar-refractivity contribution in [2.75, 3.05) is 11.6 Å². The van der Waals surface area contributed by atoms with Crippen molar-refractivity contribution in [2.45, 2.75) is 19.8 Å². The molecule has 5 aliphatic rings. The molecule has 4 aliphatic carbocycles. The summed E-state index contributed by atoms with van der Waals surface area (Å²) in [6, 6.07) is 16.8. The first-order valence-corrected chi connectivity index (χ1v) is 11.6. The van der Waals surface area contributed by atoms with E-state index in [4.69, 9.17) is 0 Å². The first kappa shape index (κ1) is 19.5. The maximum absolute atomic E-state index is 13.5. The molecule has 2 saturated carbocycles.